The number of imide groups is 2. The van der Waals surface area contributed by atoms with Crippen LogP contribution in [0.5, 0.6) is 0 Å². The van der Waals surface area contributed by atoms with Crippen molar-refractivity contribution in [1.29, 1.82) is 0 Å². The van der Waals surface area contributed by atoms with E-state index in [9.17, 15) is 19.2 Å². The first kappa shape index (κ1) is 20.5. The smallest absolute Gasteiger partial charge is 0.262 e. The monoisotopic (exact) mass is 432 g/mol. The summed E-state index contributed by atoms with van der Waals surface area (Å²) in [5, 5.41) is 2.22. The van der Waals surface area contributed by atoms with Gasteiger partial charge in [-0.2, -0.15) is 0 Å². The normalized spacial score (nSPS) is 23.2. The maximum atomic E-state index is 13.1. The van der Waals surface area contributed by atoms with E-state index in [1.807, 2.05) is 18.2 Å². The van der Waals surface area contributed by atoms with Gasteiger partial charge in [-0.05, 0) is 41.7 Å². The molecule has 2 unspecified atom stereocenters. The molecule has 0 saturated carbocycles. The van der Waals surface area contributed by atoms with Crippen LogP contribution in [0.15, 0.2) is 42.5 Å². The van der Waals surface area contributed by atoms with Gasteiger partial charge in [0.05, 0.1) is 11.1 Å². The van der Waals surface area contributed by atoms with Crippen molar-refractivity contribution in [3.8, 4) is 0 Å². The minimum absolute atomic E-state index is 0.0884. The van der Waals surface area contributed by atoms with Gasteiger partial charge >= 0.3 is 0 Å². The number of hydrogen-bond acceptors (Lipinski definition) is 6. The average Bonchev–Trinajstić information content (AvgIpc) is 3.03. The zero-order chi connectivity index (χ0) is 22.4. The van der Waals surface area contributed by atoms with Crippen molar-refractivity contribution >= 4 is 23.6 Å². The van der Waals surface area contributed by atoms with Crippen molar-refractivity contribution in [2.24, 2.45) is 5.73 Å². The minimum atomic E-state index is -0.955. The number of benzene rings is 2. The number of hydrogen-bond donors (Lipinski definition) is 2. The number of piperidine rings is 1. The fourth-order valence-corrected chi connectivity index (χ4v) is 5.02. The maximum Gasteiger partial charge on any atom is 0.262 e. The van der Waals surface area contributed by atoms with Gasteiger partial charge in [0.2, 0.25) is 11.8 Å². The molecule has 8 nitrogen and oxygen atoms in total. The van der Waals surface area contributed by atoms with Crippen molar-refractivity contribution in [2.45, 2.75) is 37.9 Å². The van der Waals surface area contributed by atoms with Crippen molar-refractivity contribution < 1.29 is 19.2 Å². The average molecular weight is 432 g/mol. The molecule has 0 bridgehead atoms. The third-order valence-electron chi connectivity index (χ3n) is 6.64. The molecule has 2 aromatic carbocycles. The molecule has 4 amide bonds. The predicted octanol–water partition coefficient (Wildman–Crippen LogP) is 1.15. The van der Waals surface area contributed by atoms with E-state index in [0.29, 0.717) is 24.2 Å². The first-order valence-corrected chi connectivity index (χ1v) is 10.8. The van der Waals surface area contributed by atoms with Crippen LogP contribution >= 0.6 is 0 Å². The van der Waals surface area contributed by atoms with Gasteiger partial charge in [-0.1, -0.05) is 30.3 Å². The molecule has 0 aliphatic carbocycles. The zero-order valence-corrected chi connectivity index (χ0v) is 17.5. The van der Waals surface area contributed by atoms with Crippen molar-refractivity contribution in [2.75, 3.05) is 13.1 Å². The highest BCUT2D eigenvalue weighted by molar-refractivity contribution is 6.23. The van der Waals surface area contributed by atoms with Crippen LogP contribution < -0.4 is 11.1 Å². The SMILES string of the molecule is NCC1c2ccccc2CCN1Cc1ccc2c(c1)C(=O)N(C1CCC(=O)NC1=O)C2=O. The Balaban J connectivity index is 1.38. The van der Waals surface area contributed by atoms with E-state index in [4.69, 9.17) is 5.73 Å². The van der Waals surface area contributed by atoms with E-state index in [1.54, 1.807) is 12.1 Å². The molecule has 5 rings (SSSR count). The second-order valence-corrected chi connectivity index (χ2v) is 8.50. The van der Waals surface area contributed by atoms with Crippen LogP contribution in [0, 0.1) is 0 Å². The first-order valence-electron chi connectivity index (χ1n) is 10.8. The Kier molecular flexibility index (Phi) is 5.11. The molecule has 1 saturated heterocycles. The van der Waals surface area contributed by atoms with Crippen LogP contribution in [0.25, 0.3) is 0 Å². The fraction of sp³-hybridized carbons (Fsp3) is 0.333. The van der Waals surface area contributed by atoms with Crippen LogP contribution in [0.1, 0.15) is 56.3 Å². The van der Waals surface area contributed by atoms with Crippen LogP contribution in [-0.4, -0.2) is 52.6 Å². The van der Waals surface area contributed by atoms with E-state index in [0.717, 1.165) is 23.4 Å². The molecule has 1 fully saturated rings. The highest BCUT2D eigenvalue weighted by atomic mass is 16.2. The molecule has 0 radical (unpaired) electrons. The van der Waals surface area contributed by atoms with E-state index in [-0.39, 0.29) is 24.8 Å². The quantitative estimate of drug-likeness (QED) is 0.701. The molecule has 0 spiro atoms. The molecule has 8 heteroatoms. The molecule has 0 aromatic heterocycles. The summed E-state index contributed by atoms with van der Waals surface area (Å²) >= 11 is 0. The summed E-state index contributed by atoms with van der Waals surface area (Å²) in [6.45, 7) is 1.94. The lowest BCUT2D eigenvalue weighted by molar-refractivity contribution is -0.136. The van der Waals surface area contributed by atoms with Gasteiger partial charge in [-0.25, -0.2) is 0 Å². The van der Waals surface area contributed by atoms with Gasteiger partial charge in [0.25, 0.3) is 11.8 Å². The lowest BCUT2D eigenvalue weighted by Crippen LogP contribution is -2.54. The van der Waals surface area contributed by atoms with Gasteiger partial charge in [0.1, 0.15) is 6.04 Å². The van der Waals surface area contributed by atoms with Crippen molar-refractivity contribution in [3.05, 3.63) is 70.3 Å². The first-order chi connectivity index (χ1) is 15.5. The van der Waals surface area contributed by atoms with Crippen molar-refractivity contribution in [3.63, 3.8) is 0 Å². The molecule has 164 valence electrons. The second-order valence-electron chi connectivity index (χ2n) is 8.50. The van der Waals surface area contributed by atoms with Gasteiger partial charge in [-0.15, -0.1) is 0 Å². The van der Waals surface area contributed by atoms with Gasteiger partial charge in [0, 0.05) is 32.1 Å². The Morgan fingerprint density at radius 2 is 1.75 bits per heavy atom. The summed E-state index contributed by atoms with van der Waals surface area (Å²) in [5.41, 5.74) is 10.2. The molecule has 32 heavy (non-hydrogen) atoms. The number of nitrogens with zero attached hydrogens (tertiary/aromatic N) is 2. The highest BCUT2D eigenvalue weighted by Crippen LogP contribution is 2.32. The van der Waals surface area contributed by atoms with Crippen LogP contribution in [-0.2, 0) is 22.6 Å². The summed E-state index contributed by atoms with van der Waals surface area (Å²) in [7, 11) is 0. The number of amides is 4. The number of nitrogens with one attached hydrogen (secondary N) is 1. The third kappa shape index (κ3) is 3.32. The topological polar surface area (TPSA) is 113 Å². The largest absolute Gasteiger partial charge is 0.329 e. The Labute approximate surface area is 185 Å². The second kappa shape index (κ2) is 7.96. The molecule has 2 atom stereocenters. The standard InChI is InChI=1S/C24H24N4O4/c25-12-20-16-4-2-1-3-15(16)9-10-27(20)13-14-5-6-17-18(11-14)24(32)28(23(17)31)19-7-8-21(29)26-22(19)30/h1-6,11,19-20H,7-10,12-13,25H2,(H,26,29,30). The molecule has 3 heterocycles. The number of rotatable bonds is 4. The van der Waals surface area contributed by atoms with Crippen molar-refractivity contribution in [1.82, 2.24) is 15.1 Å². The summed E-state index contributed by atoms with van der Waals surface area (Å²) in [5.74, 6) is -1.96. The summed E-state index contributed by atoms with van der Waals surface area (Å²) in [6.07, 6.45) is 1.18. The van der Waals surface area contributed by atoms with Gasteiger partial charge < -0.3 is 5.73 Å². The van der Waals surface area contributed by atoms with E-state index in [1.165, 1.54) is 11.1 Å². The third-order valence-corrected chi connectivity index (χ3v) is 6.64. The molecular formula is C24H24N4O4. The zero-order valence-electron chi connectivity index (χ0n) is 17.5. The Hall–Kier alpha value is -3.36. The Bertz CT molecular complexity index is 1140. The van der Waals surface area contributed by atoms with E-state index in [2.05, 4.69) is 22.3 Å². The van der Waals surface area contributed by atoms with Gasteiger partial charge in [-0.3, -0.25) is 34.3 Å². The fourth-order valence-electron chi connectivity index (χ4n) is 5.02. The summed E-state index contributed by atoms with van der Waals surface area (Å²) in [6, 6.07) is 12.7. The molecule has 3 aliphatic rings. The molecule has 2 aromatic rings. The lowest BCUT2D eigenvalue weighted by atomic mass is 9.92. The van der Waals surface area contributed by atoms with E-state index >= 15 is 0 Å². The Morgan fingerprint density at radius 1 is 0.969 bits per heavy atom. The lowest BCUT2D eigenvalue weighted by Gasteiger charge is -2.36. The number of fused-ring (bicyclic) bond motifs is 2. The maximum absolute atomic E-state index is 13.1. The number of nitrogens with two attached hydrogens (primary N) is 1. The Morgan fingerprint density at radius 3 is 2.53 bits per heavy atom. The van der Waals surface area contributed by atoms with Crippen LogP contribution in [0.4, 0.5) is 0 Å². The molecule has 3 N–H and O–H groups in total. The molecular weight excluding hydrogens is 408 g/mol. The highest BCUT2D eigenvalue weighted by Gasteiger charge is 2.44. The number of carbonyl (C=O) groups excluding carboxylic acids is 4. The van der Waals surface area contributed by atoms with E-state index < -0.39 is 23.8 Å². The summed E-state index contributed by atoms with van der Waals surface area (Å²) < 4.78 is 0. The summed E-state index contributed by atoms with van der Waals surface area (Å²) in [4.78, 5) is 52.9. The molecule has 3 aliphatic heterocycles. The predicted molar refractivity (Wildman–Crippen MR) is 115 cm³/mol. The minimum Gasteiger partial charge on any atom is -0.329 e. The number of carbonyl (C=O) groups is 4. The van der Waals surface area contributed by atoms with Gasteiger partial charge in [0.15, 0.2) is 0 Å². The van der Waals surface area contributed by atoms with Crippen LogP contribution in [0.3, 0.4) is 0 Å². The van der Waals surface area contributed by atoms with Crippen LogP contribution in [0.2, 0.25) is 0 Å².